The third kappa shape index (κ3) is 5.21. The Bertz CT molecular complexity index is 442. The lowest BCUT2D eigenvalue weighted by atomic mass is 9.92. The first-order valence-electron chi connectivity index (χ1n) is 7.03. The summed E-state index contributed by atoms with van der Waals surface area (Å²) in [7, 11) is 1.66. The van der Waals surface area contributed by atoms with Crippen molar-refractivity contribution in [3.05, 3.63) is 29.8 Å². The molecule has 0 saturated carbocycles. The molecule has 0 aromatic heterocycles. The van der Waals surface area contributed by atoms with Gasteiger partial charge in [0.1, 0.15) is 5.75 Å². The number of amides is 1. The second-order valence-corrected chi connectivity index (χ2v) is 5.88. The molecule has 112 valence electrons. The predicted molar refractivity (Wildman–Crippen MR) is 81.8 cm³/mol. The van der Waals surface area contributed by atoms with Gasteiger partial charge in [0.2, 0.25) is 5.91 Å². The first-order chi connectivity index (χ1) is 9.35. The maximum atomic E-state index is 11.7. The van der Waals surface area contributed by atoms with Gasteiger partial charge < -0.3 is 15.4 Å². The zero-order valence-electron chi connectivity index (χ0n) is 13.1. The van der Waals surface area contributed by atoms with Crippen LogP contribution in [0.25, 0.3) is 0 Å². The molecule has 0 radical (unpaired) electrons. The van der Waals surface area contributed by atoms with E-state index < -0.39 is 5.41 Å². The summed E-state index contributed by atoms with van der Waals surface area (Å²) >= 11 is 0. The number of rotatable bonds is 7. The van der Waals surface area contributed by atoms with Crippen LogP contribution in [0.5, 0.6) is 5.75 Å². The summed E-state index contributed by atoms with van der Waals surface area (Å²) < 4.78 is 5.67. The highest BCUT2D eigenvalue weighted by Gasteiger charge is 2.25. The maximum absolute atomic E-state index is 11.7. The minimum Gasteiger partial charge on any atom is -0.491 e. The van der Waals surface area contributed by atoms with E-state index in [1.54, 1.807) is 7.05 Å². The SMILES string of the molecule is CNC(=O)C(C)(C)CNCc1cccc(OC(C)C)c1. The maximum Gasteiger partial charge on any atom is 0.226 e. The fourth-order valence-corrected chi connectivity index (χ4v) is 1.94. The van der Waals surface area contributed by atoms with E-state index in [0.717, 1.165) is 17.9 Å². The van der Waals surface area contributed by atoms with Crippen molar-refractivity contribution in [2.45, 2.75) is 40.3 Å². The summed E-state index contributed by atoms with van der Waals surface area (Å²) in [6, 6.07) is 8.02. The molecule has 20 heavy (non-hydrogen) atoms. The zero-order chi connectivity index (χ0) is 15.2. The van der Waals surface area contributed by atoms with E-state index in [9.17, 15) is 4.79 Å². The molecule has 0 aliphatic rings. The van der Waals surface area contributed by atoms with Crippen LogP contribution < -0.4 is 15.4 Å². The number of carbonyl (C=O) groups is 1. The Morgan fingerprint density at radius 2 is 2.05 bits per heavy atom. The van der Waals surface area contributed by atoms with E-state index >= 15 is 0 Å². The smallest absolute Gasteiger partial charge is 0.226 e. The Hall–Kier alpha value is -1.55. The van der Waals surface area contributed by atoms with Crippen LogP contribution in [-0.4, -0.2) is 25.6 Å². The van der Waals surface area contributed by atoms with Gasteiger partial charge in [-0.25, -0.2) is 0 Å². The molecule has 0 aliphatic carbocycles. The van der Waals surface area contributed by atoms with E-state index in [2.05, 4.69) is 10.6 Å². The Morgan fingerprint density at radius 1 is 1.35 bits per heavy atom. The van der Waals surface area contributed by atoms with Gasteiger partial charge in [0.05, 0.1) is 11.5 Å². The Balaban J connectivity index is 2.52. The van der Waals surface area contributed by atoms with E-state index in [4.69, 9.17) is 4.74 Å². The molecule has 2 N–H and O–H groups in total. The summed E-state index contributed by atoms with van der Waals surface area (Å²) in [4.78, 5) is 11.7. The van der Waals surface area contributed by atoms with Crippen molar-refractivity contribution in [1.29, 1.82) is 0 Å². The van der Waals surface area contributed by atoms with Gasteiger partial charge in [-0.05, 0) is 45.4 Å². The summed E-state index contributed by atoms with van der Waals surface area (Å²) in [5.41, 5.74) is 0.733. The number of carbonyl (C=O) groups excluding carboxylic acids is 1. The minimum atomic E-state index is -0.416. The largest absolute Gasteiger partial charge is 0.491 e. The van der Waals surface area contributed by atoms with E-state index in [0.29, 0.717) is 6.54 Å². The van der Waals surface area contributed by atoms with Gasteiger partial charge in [-0.3, -0.25) is 4.79 Å². The van der Waals surface area contributed by atoms with Gasteiger partial charge in [-0.1, -0.05) is 12.1 Å². The van der Waals surface area contributed by atoms with Gasteiger partial charge in [0.15, 0.2) is 0 Å². The standard InChI is InChI=1S/C16H26N2O2/c1-12(2)20-14-8-6-7-13(9-14)10-18-11-16(3,4)15(19)17-5/h6-9,12,18H,10-11H2,1-5H3,(H,17,19). The molecule has 0 aliphatic heterocycles. The predicted octanol–water partition coefficient (Wildman–Crippen LogP) is 2.34. The number of benzene rings is 1. The molecule has 0 atom stereocenters. The van der Waals surface area contributed by atoms with E-state index in [-0.39, 0.29) is 12.0 Å². The van der Waals surface area contributed by atoms with Crippen LogP contribution in [0.1, 0.15) is 33.3 Å². The van der Waals surface area contributed by atoms with Crippen LogP contribution in [0.3, 0.4) is 0 Å². The first-order valence-corrected chi connectivity index (χ1v) is 7.03. The fourth-order valence-electron chi connectivity index (χ4n) is 1.94. The van der Waals surface area contributed by atoms with Gasteiger partial charge in [-0.2, -0.15) is 0 Å². The van der Waals surface area contributed by atoms with Crippen LogP contribution in [-0.2, 0) is 11.3 Å². The molecule has 1 amide bonds. The van der Waals surface area contributed by atoms with E-state index in [1.165, 1.54) is 0 Å². The molecule has 1 aromatic rings. The van der Waals surface area contributed by atoms with Crippen molar-refractivity contribution in [3.8, 4) is 5.75 Å². The quantitative estimate of drug-likeness (QED) is 0.805. The van der Waals surface area contributed by atoms with Crippen molar-refractivity contribution >= 4 is 5.91 Å². The molecule has 0 spiro atoms. The van der Waals surface area contributed by atoms with E-state index in [1.807, 2.05) is 52.0 Å². The Morgan fingerprint density at radius 3 is 2.65 bits per heavy atom. The van der Waals surface area contributed by atoms with Crippen molar-refractivity contribution in [1.82, 2.24) is 10.6 Å². The van der Waals surface area contributed by atoms with Gasteiger partial charge in [0.25, 0.3) is 0 Å². The minimum absolute atomic E-state index is 0.0434. The normalized spacial score (nSPS) is 11.5. The highest BCUT2D eigenvalue weighted by atomic mass is 16.5. The van der Waals surface area contributed by atoms with Crippen molar-refractivity contribution in [3.63, 3.8) is 0 Å². The van der Waals surface area contributed by atoms with Crippen molar-refractivity contribution < 1.29 is 9.53 Å². The summed E-state index contributed by atoms with van der Waals surface area (Å²) in [5, 5.41) is 6.01. The summed E-state index contributed by atoms with van der Waals surface area (Å²) in [6.45, 7) is 9.22. The first kappa shape index (κ1) is 16.5. The average Bonchev–Trinajstić information content (AvgIpc) is 2.37. The molecule has 1 aromatic carbocycles. The third-order valence-electron chi connectivity index (χ3n) is 3.01. The zero-order valence-corrected chi connectivity index (χ0v) is 13.1. The second kappa shape index (κ2) is 7.29. The number of hydrogen-bond donors (Lipinski definition) is 2. The second-order valence-electron chi connectivity index (χ2n) is 5.88. The lowest BCUT2D eigenvalue weighted by Gasteiger charge is -2.23. The Kier molecular flexibility index (Phi) is 6.02. The van der Waals surface area contributed by atoms with Gasteiger partial charge in [-0.15, -0.1) is 0 Å². The average molecular weight is 278 g/mol. The molecule has 0 saturated heterocycles. The van der Waals surface area contributed by atoms with Gasteiger partial charge >= 0.3 is 0 Å². The summed E-state index contributed by atoms with van der Waals surface area (Å²) in [6.07, 6.45) is 0.172. The lowest BCUT2D eigenvalue weighted by molar-refractivity contribution is -0.128. The van der Waals surface area contributed by atoms with Crippen LogP contribution in [0, 0.1) is 5.41 Å². The lowest BCUT2D eigenvalue weighted by Crippen LogP contribution is -2.41. The Labute approximate surface area is 121 Å². The molecular weight excluding hydrogens is 252 g/mol. The van der Waals surface area contributed by atoms with Gasteiger partial charge in [0, 0.05) is 20.1 Å². The third-order valence-corrected chi connectivity index (χ3v) is 3.01. The molecule has 4 nitrogen and oxygen atoms in total. The topological polar surface area (TPSA) is 50.4 Å². The van der Waals surface area contributed by atoms with Crippen LogP contribution in [0.2, 0.25) is 0 Å². The molecule has 1 rings (SSSR count). The summed E-state index contributed by atoms with van der Waals surface area (Å²) in [5.74, 6) is 0.923. The molecular formula is C16H26N2O2. The van der Waals surface area contributed by atoms with Crippen molar-refractivity contribution in [2.75, 3.05) is 13.6 Å². The molecule has 4 heteroatoms. The number of hydrogen-bond acceptors (Lipinski definition) is 3. The van der Waals surface area contributed by atoms with Crippen LogP contribution >= 0.6 is 0 Å². The fraction of sp³-hybridized carbons (Fsp3) is 0.562. The van der Waals surface area contributed by atoms with Crippen LogP contribution in [0.4, 0.5) is 0 Å². The highest BCUT2D eigenvalue weighted by molar-refractivity contribution is 5.81. The molecule has 0 bridgehead atoms. The van der Waals surface area contributed by atoms with Crippen molar-refractivity contribution in [2.24, 2.45) is 5.41 Å². The molecule has 0 fully saturated rings. The molecule has 0 unspecified atom stereocenters. The monoisotopic (exact) mass is 278 g/mol. The van der Waals surface area contributed by atoms with Crippen LogP contribution in [0.15, 0.2) is 24.3 Å². The highest BCUT2D eigenvalue weighted by Crippen LogP contribution is 2.16. The molecule has 0 heterocycles. The number of ether oxygens (including phenoxy) is 1. The number of nitrogens with one attached hydrogen (secondary N) is 2.